The predicted octanol–water partition coefficient (Wildman–Crippen LogP) is 3.69. The molecule has 0 aliphatic carbocycles. The molecule has 0 amide bonds. The molecule has 1 aromatic heterocycles. The quantitative estimate of drug-likeness (QED) is 0.774. The summed E-state index contributed by atoms with van der Waals surface area (Å²) >= 11 is 6.10. The Morgan fingerprint density at radius 1 is 1.16 bits per heavy atom. The third kappa shape index (κ3) is 3.02. The van der Waals surface area contributed by atoms with Gasteiger partial charge in [-0.25, -0.2) is 0 Å². The van der Waals surface area contributed by atoms with E-state index in [9.17, 15) is 0 Å². The summed E-state index contributed by atoms with van der Waals surface area (Å²) < 4.78 is 11.8. The SMILES string of the molecule is Cc1ccc(Cl)c(/C=C/B2OC(C)(C)C(C)(C)O2)n1. The summed E-state index contributed by atoms with van der Waals surface area (Å²) in [5, 5.41) is 0.623. The highest BCUT2D eigenvalue weighted by Gasteiger charge is 2.50. The average Bonchev–Trinajstić information content (AvgIpc) is 2.49. The van der Waals surface area contributed by atoms with Crippen LogP contribution in [0, 0.1) is 6.92 Å². The van der Waals surface area contributed by atoms with Gasteiger partial charge in [-0.3, -0.25) is 4.98 Å². The highest BCUT2D eigenvalue weighted by molar-refractivity contribution is 6.52. The van der Waals surface area contributed by atoms with E-state index in [2.05, 4.69) is 4.98 Å². The van der Waals surface area contributed by atoms with Gasteiger partial charge in [-0.2, -0.15) is 0 Å². The van der Waals surface area contributed by atoms with Crippen LogP contribution in [0.1, 0.15) is 39.1 Å². The molecule has 0 bridgehead atoms. The Morgan fingerprint density at radius 3 is 2.32 bits per heavy atom. The van der Waals surface area contributed by atoms with Crippen molar-refractivity contribution in [3.8, 4) is 0 Å². The number of hydrogen-bond donors (Lipinski definition) is 0. The van der Waals surface area contributed by atoms with Crippen molar-refractivity contribution in [2.45, 2.75) is 45.8 Å². The first-order valence-electron chi connectivity index (χ1n) is 6.38. The predicted molar refractivity (Wildman–Crippen MR) is 79.1 cm³/mol. The van der Waals surface area contributed by atoms with E-state index in [-0.39, 0.29) is 18.3 Å². The molecule has 5 heteroatoms. The van der Waals surface area contributed by atoms with Crippen LogP contribution in [0.2, 0.25) is 5.02 Å². The molecule has 1 aliphatic heterocycles. The van der Waals surface area contributed by atoms with Gasteiger partial charge in [0, 0.05) is 5.69 Å². The van der Waals surface area contributed by atoms with Crippen LogP contribution in [0.3, 0.4) is 0 Å². The molecule has 1 fully saturated rings. The van der Waals surface area contributed by atoms with Gasteiger partial charge in [0.25, 0.3) is 0 Å². The first-order chi connectivity index (χ1) is 8.71. The molecule has 0 saturated carbocycles. The van der Waals surface area contributed by atoms with Crippen molar-refractivity contribution >= 4 is 24.8 Å². The van der Waals surface area contributed by atoms with Gasteiger partial charge in [-0.1, -0.05) is 17.6 Å². The molecule has 1 aromatic rings. The number of rotatable bonds is 2. The van der Waals surface area contributed by atoms with Gasteiger partial charge in [0.15, 0.2) is 0 Å². The molecule has 1 aliphatic rings. The topological polar surface area (TPSA) is 31.4 Å². The second-order valence-electron chi connectivity index (χ2n) is 5.80. The van der Waals surface area contributed by atoms with Crippen LogP contribution in [0.15, 0.2) is 18.1 Å². The fourth-order valence-electron chi connectivity index (χ4n) is 1.81. The lowest BCUT2D eigenvalue weighted by atomic mass is 9.89. The number of hydrogen-bond acceptors (Lipinski definition) is 3. The lowest BCUT2D eigenvalue weighted by Gasteiger charge is -2.32. The highest BCUT2D eigenvalue weighted by atomic mass is 35.5. The Morgan fingerprint density at radius 2 is 1.74 bits per heavy atom. The zero-order valence-electron chi connectivity index (χ0n) is 12.0. The summed E-state index contributed by atoms with van der Waals surface area (Å²) in [6.45, 7) is 10.0. The van der Waals surface area contributed by atoms with Gasteiger partial charge in [0.2, 0.25) is 0 Å². The van der Waals surface area contributed by atoms with Gasteiger partial charge in [-0.05, 0) is 52.8 Å². The minimum absolute atomic E-state index is 0.328. The van der Waals surface area contributed by atoms with Gasteiger partial charge in [0.05, 0.1) is 21.9 Å². The number of aryl methyl sites for hydroxylation is 1. The zero-order chi connectivity index (χ0) is 14.3. The summed E-state index contributed by atoms with van der Waals surface area (Å²) in [4.78, 5) is 4.38. The Labute approximate surface area is 120 Å². The van der Waals surface area contributed by atoms with E-state index in [1.165, 1.54) is 0 Å². The third-order valence-corrected chi connectivity index (χ3v) is 4.01. The smallest absolute Gasteiger partial charge is 0.400 e. The molecule has 1 saturated heterocycles. The van der Waals surface area contributed by atoms with Crippen molar-refractivity contribution in [3.05, 3.63) is 34.5 Å². The summed E-state index contributed by atoms with van der Waals surface area (Å²) in [6, 6.07) is 3.72. The molecule has 0 atom stereocenters. The van der Waals surface area contributed by atoms with Crippen LogP contribution in [-0.4, -0.2) is 23.3 Å². The molecular formula is C14H19BClNO2. The second-order valence-corrected chi connectivity index (χ2v) is 6.21. The van der Waals surface area contributed by atoms with Gasteiger partial charge >= 0.3 is 7.12 Å². The summed E-state index contributed by atoms with van der Waals surface area (Å²) in [6.07, 6.45) is 1.84. The van der Waals surface area contributed by atoms with E-state index >= 15 is 0 Å². The van der Waals surface area contributed by atoms with Crippen LogP contribution < -0.4 is 0 Å². The molecule has 0 radical (unpaired) electrons. The van der Waals surface area contributed by atoms with Crippen molar-refractivity contribution in [1.29, 1.82) is 0 Å². The normalized spacial score (nSPS) is 21.3. The Balaban J connectivity index is 2.15. The van der Waals surface area contributed by atoms with Crippen molar-refractivity contribution in [2.24, 2.45) is 0 Å². The summed E-state index contributed by atoms with van der Waals surface area (Å²) in [7, 11) is -0.372. The van der Waals surface area contributed by atoms with E-state index < -0.39 is 0 Å². The fourth-order valence-corrected chi connectivity index (χ4v) is 1.98. The number of pyridine rings is 1. The third-order valence-electron chi connectivity index (χ3n) is 3.70. The Hall–Kier alpha value is -0.835. The van der Waals surface area contributed by atoms with Gasteiger partial charge < -0.3 is 9.31 Å². The molecule has 0 unspecified atom stereocenters. The van der Waals surface area contributed by atoms with Gasteiger partial charge in [0.1, 0.15) is 0 Å². The lowest BCUT2D eigenvalue weighted by Crippen LogP contribution is -2.41. The minimum Gasteiger partial charge on any atom is -0.400 e. The van der Waals surface area contributed by atoms with Crippen LogP contribution >= 0.6 is 11.6 Å². The number of aromatic nitrogens is 1. The summed E-state index contributed by atoms with van der Waals surface area (Å²) in [5.74, 6) is 1.85. The molecule has 2 heterocycles. The van der Waals surface area contributed by atoms with E-state index in [1.54, 1.807) is 0 Å². The second kappa shape index (κ2) is 4.93. The van der Waals surface area contributed by atoms with E-state index in [0.29, 0.717) is 5.02 Å². The first-order valence-corrected chi connectivity index (χ1v) is 6.76. The molecular weight excluding hydrogens is 260 g/mol. The van der Waals surface area contributed by atoms with Crippen molar-refractivity contribution in [3.63, 3.8) is 0 Å². The first kappa shape index (κ1) is 14.6. The molecule has 19 heavy (non-hydrogen) atoms. The Kier molecular flexibility index (Phi) is 3.78. The number of halogens is 1. The van der Waals surface area contributed by atoms with Crippen molar-refractivity contribution < 1.29 is 9.31 Å². The maximum Gasteiger partial charge on any atom is 0.487 e. The van der Waals surface area contributed by atoms with Crippen LogP contribution in [0.5, 0.6) is 0 Å². The van der Waals surface area contributed by atoms with E-state index in [4.69, 9.17) is 20.9 Å². The minimum atomic E-state index is -0.372. The molecule has 0 N–H and O–H groups in total. The lowest BCUT2D eigenvalue weighted by molar-refractivity contribution is 0.00578. The molecule has 2 rings (SSSR count). The van der Waals surface area contributed by atoms with Crippen molar-refractivity contribution in [2.75, 3.05) is 0 Å². The zero-order valence-corrected chi connectivity index (χ0v) is 12.8. The van der Waals surface area contributed by atoms with Crippen molar-refractivity contribution in [1.82, 2.24) is 4.98 Å². The molecule has 102 valence electrons. The molecule has 3 nitrogen and oxygen atoms in total. The standard InChI is InChI=1S/C14H19BClNO2/c1-10-6-7-11(16)12(17-10)8-9-15-18-13(2,3)14(4,5)19-15/h6-9H,1-5H3/b9-8+. The van der Waals surface area contributed by atoms with Gasteiger partial charge in [-0.15, -0.1) is 0 Å². The number of nitrogens with zero attached hydrogens (tertiary/aromatic N) is 1. The average molecular weight is 280 g/mol. The monoisotopic (exact) mass is 279 g/mol. The van der Waals surface area contributed by atoms with Crippen LogP contribution in [0.4, 0.5) is 0 Å². The fraction of sp³-hybridized carbons (Fsp3) is 0.500. The van der Waals surface area contributed by atoms with Crippen LogP contribution in [-0.2, 0) is 9.31 Å². The van der Waals surface area contributed by atoms with E-state index in [0.717, 1.165) is 11.4 Å². The summed E-state index contributed by atoms with van der Waals surface area (Å²) in [5.41, 5.74) is 1.01. The maximum absolute atomic E-state index is 6.10. The Bertz CT molecular complexity index is 498. The highest BCUT2D eigenvalue weighted by Crippen LogP contribution is 2.37. The maximum atomic E-state index is 6.10. The van der Waals surface area contributed by atoms with Crippen LogP contribution in [0.25, 0.3) is 6.08 Å². The molecule has 0 aromatic carbocycles. The van der Waals surface area contributed by atoms with E-state index in [1.807, 2.05) is 58.8 Å². The molecule has 0 spiro atoms. The largest absolute Gasteiger partial charge is 0.487 e.